The van der Waals surface area contributed by atoms with Gasteiger partial charge in [-0.25, -0.2) is 0 Å². The summed E-state index contributed by atoms with van der Waals surface area (Å²) in [6.45, 7) is 4.17. The van der Waals surface area contributed by atoms with Gasteiger partial charge in [-0.2, -0.15) is 5.26 Å². The van der Waals surface area contributed by atoms with Crippen LogP contribution in [0.1, 0.15) is 39.0 Å². The fourth-order valence-corrected chi connectivity index (χ4v) is 2.48. The maximum absolute atomic E-state index is 9.30. The zero-order chi connectivity index (χ0) is 11.9. The largest absolute Gasteiger partial charge is 0.382 e. The van der Waals surface area contributed by atoms with Crippen molar-refractivity contribution in [2.45, 2.75) is 39.0 Å². The average Bonchev–Trinajstić information content (AvgIpc) is 2.73. The van der Waals surface area contributed by atoms with Gasteiger partial charge in [0.2, 0.25) is 0 Å². The molecule has 1 rings (SSSR count). The van der Waals surface area contributed by atoms with Crippen LogP contribution in [0.5, 0.6) is 0 Å². The Bertz CT molecular complexity index is 237. The van der Waals surface area contributed by atoms with Gasteiger partial charge in [0.05, 0.1) is 24.7 Å². The number of ether oxygens (including phenoxy) is 2. The van der Waals surface area contributed by atoms with E-state index in [-0.39, 0.29) is 5.41 Å². The number of hydrogen-bond donors (Lipinski definition) is 0. The van der Waals surface area contributed by atoms with E-state index < -0.39 is 0 Å². The highest BCUT2D eigenvalue weighted by atomic mass is 16.5. The molecule has 0 saturated heterocycles. The Hall–Kier alpha value is -0.590. The number of hydrogen-bond acceptors (Lipinski definition) is 3. The van der Waals surface area contributed by atoms with E-state index in [9.17, 15) is 5.26 Å². The van der Waals surface area contributed by atoms with Crippen LogP contribution in [0.2, 0.25) is 0 Å². The summed E-state index contributed by atoms with van der Waals surface area (Å²) in [5, 5.41) is 9.30. The molecule has 0 aromatic heterocycles. The molecule has 0 amide bonds. The van der Waals surface area contributed by atoms with Crippen LogP contribution in [-0.4, -0.2) is 26.9 Å². The van der Waals surface area contributed by atoms with Crippen molar-refractivity contribution in [3.8, 4) is 6.07 Å². The molecule has 0 radical (unpaired) electrons. The molecule has 1 aliphatic rings. The second-order valence-corrected chi connectivity index (χ2v) is 4.76. The molecule has 0 heterocycles. The Labute approximate surface area is 98.7 Å². The molecule has 0 aromatic carbocycles. The molecule has 0 spiro atoms. The monoisotopic (exact) mass is 225 g/mol. The molecule has 1 fully saturated rings. The summed E-state index contributed by atoms with van der Waals surface area (Å²) in [5.41, 5.74) is -0.103. The van der Waals surface area contributed by atoms with Crippen molar-refractivity contribution in [2.24, 2.45) is 11.3 Å². The van der Waals surface area contributed by atoms with Crippen LogP contribution in [0, 0.1) is 22.7 Å². The van der Waals surface area contributed by atoms with E-state index in [4.69, 9.17) is 9.47 Å². The normalized spacial score (nSPS) is 29.2. The second-order valence-electron chi connectivity index (χ2n) is 4.76. The van der Waals surface area contributed by atoms with Crippen LogP contribution in [0.3, 0.4) is 0 Å². The van der Waals surface area contributed by atoms with E-state index >= 15 is 0 Å². The van der Waals surface area contributed by atoms with Crippen LogP contribution in [0.4, 0.5) is 0 Å². The van der Waals surface area contributed by atoms with Crippen molar-refractivity contribution >= 4 is 0 Å². The topological polar surface area (TPSA) is 42.2 Å². The predicted octanol–water partition coefficient (Wildman–Crippen LogP) is 2.76. The molecular weight excluding hydrogens is 202 g/mol. The fraction of sp³-hybridized carbons (Fsp3) is 0.923. The molecule has 3 heteroatoms. The minimum Gasteiger partial charge on any atom is -0.382 e. The highest BCUT2D eigenvalue weighted by Gasteiger charge is 2.38. The predicted molar refractivity (Wildman–Crippen MR) is 63.0 cm³/mol. The third-order valence-corrected chi connectivity index (χ3v) is 3.68. The lowest BCUT2D eigenvalue weighted by Crippen LogP contribution is -2.18. The van der Waals surface area contributed by atoms with E-state index in [0.29, 0.717) is 19.8 Å². The van der Waals surface area contributed by atoms with Gasteiger partial charge in [0.1, 0.15) is 0 Å². The zero-order valence-electron chi connectivity index (χ0n) is 10.5. The minimum atomic E-state index is -0.103. The van der Waals surface area contributed by atoms with Gasteiger partial charge in [0, 0.05) is 13.7 Å². The number of nitrogens with zero attached hydrogens (tertiary/aromatic N) is 1. The summed E-state index contributed by atoms with van der Waals surface area (Å²) in [7, 11) is 1.67. The van der Waals surface area contributed by atoms with Crippen molar-refractivity contribution in [1.82, 2.24) is 0 Å². The average molecular weight is 225 g/mol. The lowest BCUT2D eigenvalue weighted by molar-refractivity contribution is 0.0582. The maximum Gasteiger partial charge on any atom is 0.0700 e. The summed E-state index contributed by atoms with van der Waals surface area (Å²) in [4.78, 5) is 0. The van der Waals surface area contributed by atoms with Gasteiger partial charge in [-0.1, -0.05) is 13.3 Å². The molecule has 1 saturated carbocycles. The molecule has 16 heavy (non-hydrogen) atoms. The summed E-state index contributed by atoms with van der Waals surface area (Å²) in [6, 6.07) is 2.52. The Kier molecular flexibility index (Phi) is 5.79. The SMILES string of the molecule is CCC1CCC(C#N)(CCOCCOC)C1. The first-order valence-electron chi connectivity index (χ1n) is 6.24. The van der Waals surface area contributed by atoms with Crippen LogP contribution in [0.25, 0.3) is 0 Å². The lowest BCUT2D eigenvalue weighted by Gasteiger charge is -2.20. The lowest BCUT2D eigenvalue weighted by atomic mass is 9.83. The van der Waals surface area contributed by atoms with Crippen molar-refractivity contribution in [2.75, 3.05) is 26.9 Å². The first kappa shape index (κ1) is 13.5. The Balaban J connectivity index is 2.25. The maximum atomic E-state index is 9.30. The van der Waals surface area contributed by atoms with Gasteiger partial charge in [0.15, 0.2) is 0 Å². The van der Waals surface area contributed by atoms with E-state index in [1.54, 1.807) is 7.11 Å². The number of nitriles is 1. The Morgan fingerprint density at radius 3 is 2.75 bits per heavy atom. The van der Waals surface area contributed by atoms with Gasteiger partial charge in [-0.05, 0) is 31.6 Å². The van der Waals surface area contributed by atoms with Crippen LogP contribution in [0.15, 0.2) is 0 Å². The van der Waals surface area contributed by atoms with Gasteiger partial charge >= 0.3 is 0 Å². The summed E-state index contributed by atoms with van der Waals surface area (Å²) in [5.74, 6) is 0.749. The van der Waals surface area contributed by atoms with Crippen LogP contribution in [-0.2, 0) is 9.47 Å². The molecule has 3 nitrogen and oxygen atoms in total. The van der Waals surface area contributed by atoms with E-state index in [1.807, 2.05) is 0 Å². The zero-order valence-corrected chi connectivity index (χ0v) is 10.5. The van der Waals surface area contributed by atoms with Gasteiger partial charge < -0.3 is 9.47 Å². The molecule has 0 aliphatic heterocycles. The molecule has 2 unspecified atom stereocenters. The van der Waals surface area contributed by atoms with Crippen LogP contribution >= 0.6 is 0 Å². The van der Waals surface area contributed by atoms with E-state index in [0.717, 1.165) is 25.2 Å². The molecule has 0 N–H and O–H groups in total. The quantitative estimate of drug-likeness (QED) is 0.626. The van der Waals surface area contributed by atoms with Crippen molar-refractivity contribution < 1.29 is 9.47 Å². The van der Waals surface area contributed by atoms with Crippen molar-refractivity contribution in [3.63, 3.8) is 0 Å². The molecule has 92 valence electrons. The van der Waals surface area contributed by atoms with Gasteiger partial charge in [0.25, 0.3) is 0 Å². The van der Waals surface area contributed by atoms with Crippen molar-refractivity contribution in [3.05, 3.63) is 0 Å². The third kappa shape index (κ3) is 3.77. The third-order valence-electron chi connectivity index (χ3n) is 3.68. The minimum absolute atomic E-state index is 0.103. The highest BCUT2D eigenvalue weighted by Crippen LogP contribution is 2.45. The van der Waals surface area contributed by atoms with Crippen molar-refractivity contribution in [1.29, 1.82) is 5.26 Å². The summed E-state index contributed by atoms with van der Waals surface area (Å²) < 4.78 is 10.4. The molecule has 2 atom stereocenters. The fourth-order valence-electron chi connectivity index (χ4n) is 2.48. The Morgan fingerprint density at radius 1 is 1.38 bits per heavy atom. The van der Waals surface area contributed by atoms with E-state index in [2.05, 4.69) is 13.0 Å². The highest BCUT2D eigenvalue weighted by molar-refractivity contribution is 5.03. The number of methoxy groups -OCH3 is 1. The van der Waals surface area contributed by atoms with Crippen LogP contribution < -0.4 is 0 Å². The molecular formula is C13H23NO2. The number of rotatable bonds is 7. The second kappa shape index (κ2) is 6.88. The summed E-state index contributed by atoms with van der Waals surface area (Å²) >= 11 is 0. The Morgan fingerprint density at radius 2 is 2.19 bits per heavy atom. The van der Waals surface area contributed by atoms with Gasteiger partial charge in [-0.3, -0.25) is 0 Å². The smallest absolute Gasteiger partial charge is 0.0700 e. The standard InChI is InChI=1S/C13H23NO2/c1-3-12-4-5-13(10-12,11-14)6-7-16-9-8-15-2/h12H,3-10H2,1-2H3. The molecule has 0 bridgehead atoms. The first-order valence-corrected chi connectivity index (χ1v) is 6.24. The molecule has 0 aromatic rings. The molecule has 1 aliphatic carbocycles. The van der Waals surface area contributed by atoms with Gasteiger partial charge in [-0.15, -0.1) is 0 Å². The summed E-state index contributed by atoms with van der Waals surface area (Å²) in [6.07, 6.45) is 5.41. The first-order chi connectivity index (χ1) is 7.76. The van der Waals surface area contributed by atoms with E-state index in [1.165, 1.54) is 12.8 Å².